The highest BCUT2D eigenvalue weighted by molar-refractivity contribution is 6.10. The van der Waals surface area contributed by atoms with Crippen LogP contribution in [-0.2, 0) is 0 Å². The number of amides is 1. The van der Waals surface area contributed by atoms with Crippen LogP contribution in [0.3, 0.4) is 0 Å². The number of para-hydroxylation sites is 1. The van der Waals surface area contributed by atoms with Gasteiger partial charge in [0.15, 0.2) is 11.5 Å². The molecular weight excluding hydrogens is 390 g/mol. The molecule has 0 radical (unpaired) electrons. The Morgan fingerprint density at radius 3 is 2.16 bits per heavy atom. The van der Waals surface area contributed by atoms with Crippen LogP contribution in [0.25, 0.3) is 5.69 Å². The summed E-state index contributed by atoms with van der Waals surface area (Å²) in [5.74, 6) is -0.796. The van der Waals surface area contributed by atoms with E-state index in [1.165, 1.54) is 6.07 Å². The third kappa shape index (κ3) is 4.33. The van der Waals surface area contributed by atoms with Crippen LogP contribution in [0.2, 0.25) is 0 Å². The van der Waals surface area contributed by atoms with E-state index in [1.54, 1.807) is 60.1 Å². The van der Waals surface area contributed by atoms with Crippen molar-refractivity contribution in [3.63, 3.8) is 0 Å². The zero-order chi connectivity index (χ0) is 21.8. The van der Waals surface area contributed by atoms with Crippen LogP contribution in [0.4, 0.5) is 5.69 Å². The summed E-state index contributed by atoms with van der Waals surface area (Å²) in [6, 6.07) is 26.1. The van der Waals surface area contributed by atoms with Gasteiger partial charge in [-0.25, -0.2) is 4.68 Å². The number of aromatic nitrogens is 2. The summed E-state index contributed by atoms with van der Waals surface area (Å²) in [6.07, 6.45) is 0. The molecule has 0 aliphatic carbocycles. The third-order valence-electron chi connectivity index (χ3n) is 4.74. The highest BCUT2D eigenvalue weighted by atomic mass is 16.2. The molecule has 0 bridgehead atoms. The minimum Gasteiger partial charge on any atom is -0.320 e. The fourth-order valence-corrected chi connectivity index (χ4v) is 3.22. The Kier molecular flexibility index (Phi) is 5.53. The highest BCUT2D eigenvalue weighted by Gasteiger charge is 2.16. The first-order valence-electron chi connectivity index (χ1n) is 9.70. The molecule has 3 aromatic carbocycles. The average Bonchev–Trinajstić information content (AvgIpc) is 2.80. The molecule has 0 saturated carbocycles. The Morgan fingerprint density at radius 2 is 1.45 bits per heavy atom. The number of hydrogen-bond donors (Lipinski definition) is 1. The van der Waals surface area contributed by atoms with Crippen LogP contribution in [-0.4, -0.2) is 21.5 Å². The molecule has 0 spiro atoms. The molecule has 0 aliphatic rings. The predicted molar refractivity (Wildman–Crippen MR) is 119 cm³/mol. The second kappa shape index (κ2) is 8.59. The number of aryl methyl sites for hydroxylation is 1. The van der Waals surface area contributed by atoms with E-state index < -0.39 is 11.3 Å². The summed E-state index contributed by atoms with van der Waals surface area (Å²) in [5.41, 5.74) is 2.04. The fraction of sp³-hybridized carbons (Fsp3) is 0.0400. The normalized spacial score (nSPS) is 10.5. The van der Waals surface area contributed by atoms with Crippen LogP contribution >= 0.6 is 0 Å². The smallest absolute Gasteiger partial charge is 0.280 e. The molecule has 4 rings (SSSR count). The van der Waals surface area contributed by atoms with Gasteiger partial charge in [-0.15, -0.1) is 0 Å². The first kappa shape index (κ1) is 20.0. The van der Waals surface area contributed by atoms with Crippen LogP contribution in [0.1, 0.15) is 32.1 Å². The Morgan fingerprint density at radius 1 is 0.806 bits per heavy atom. The molecule has 0 aliphatic heterocycles. The standard InChI is InChI=1S/C25H19N3O3/c1-17-15-22(29)23(27-28(17)21-13-6-3-7-14-21)25(31)26-20-12-8-11-19(16-20)24(30)18-9-4-2-5-10-18/h2-16H,1H3,(H,26,31). The Hall–Kier alpha value is -4.32. The molecule has 0 saturated heterocycles. The van der Waals surface area contributed by atoms with Gasteiger partial charge in [-0.1, -0.05) is 60.7 Å². The molecule has 0 unspecified atom stereocenters. The molecule has 1 amide bonds. The van der Waals surface area contributed by atoms with Crippen molar-refractivity contribution in [3.05, 3.63) is 124 Å². The number of benzene rings is 3. The van der Waals surface area contributed by atoms with Gasteiger partial charge in [0.25, 0.3) is 5.91 Å². The molecule has 0 atom stereocenters. The van der Waals surface area contributed by atoms with Crippen molar-refractivity contribution in [2.45, 2.75) is 6.92 Å². The lowest BCUT2D eigenvalue weighted by Crippen LogP contribution is -2.27. The number of anilines is 1. The fourth-order valence-electron chi connectivity index (χ4n) is 3.22. The predicted octanol–water partition coefficient (Wildman–Crippen LogP) is 4.02. The molecule has 152 valence electrons. The van der Waals surface area contributed by atoms with Gasteiger partial charge in [0.05, 0.1) is 5.69 Å². The maximum atomic E-state index is 12.8. The van der Waals surface area contributed by atoms with Crippen LogP contribution in [0, 0.1) is 6.92 Å². The van der Waals surface area contributed by atoms with E-state index in [0.29, 0.717) is 22.5 Å². The Labute approximate surface area is 178 Å². The summed E-state index contributed by atoms with van der Waals surface area (Å²) in [5, 5.41) is 6.95. The van der Waals surface area contributed by atoms with E-state index in [0.717, 1.165) is 5.69 Å². The summed E-state index contributed by atoms with van der Waals surface area (Å²) >= 11 is 0. The summed E-state index contributed by atoms with van der Waals surface area (Å²) < 4.78 is 1.55. The first-order chi connectivity index (χ1) is 15.0. The number of nitrogens with zero attached hydrogens (tertiary/aromatic N) is 2. The number of rotatable bonds is 5. The number of nitrogens with one attached hydrogen (secondary N) is 1. The lowest BCUT2D eigenvalue weighted by atomic mass is 10.0. The van der Waals surface area contributed by atoms with Crippen molar-refractivity contribution in [3.8, 4) is 5.69 Å². The molecule has 6 nitrogen and oxygen atoms in total. The van der Waals surface area contributed by atoms with E-state index in [1.807, 2.05) is 36.4 Å². The van der Waals surface area contributed by atoms with Crippen molar-refractivity contribution in [2.24, 2.45) is 0 Å². The number of carbonyl (C=O) groups is 2. The van der Waals surface area contributed by atoms with Gasteiger partial charge in [0, 0.05) is 28.6 Å². The van der Waals surface area contributed by atoms with Gasteiger partial charge in [-0.3, -0.25) is 14.4 Å². The maximum absolute atomic E-state index is 12.8. The second-order valence-electron chi connectivity index (χ2n) is 6.98. The van der Waals surface area contributed by atoms with E-state index in [9.17, 15) is 14.4 Å². The van der Waals surface area contributed by atoms with Crippen molar-refractivity contribution < 1.29 is 9.59 Å². The highest BCUT2D eigenvalue weighted by Crippen LogP contribution is 2.16. The summed E-state index contributed by atoms with van der Waals surface area (Å²) in [6.45, 7) is 1.75. The third-order valence-corrected chi connectivity index (χ3v) is 4.74. The molecule has 4 aromatic rings. The van der Waals surface area contributed by atoms with Gasteiger partial charge in [-0.2, -0.15) is 5.10 Å². The van der Waals surface area contributed by atoms with E-state index in [4.69, 9.17) is 0 Å². The SMILES string of the molecule is Cc1cc(=O)c(C(=O)Nc2cccc(C(=O)c3ccccc3)c2)nn1-c1ccccc1. The van der Waals surface area contributed by atoms with E-state index >= 15 is 0 Å². The van der Waals surface area contributed by atoms with Crippen molar-refractivity contribution in [1.29, 1.82) is 0 Å². The number of ketones is 1. The van der Waals surface area contributed by atoms with Crippen molar-refractivity contribution >= 4 is 17.4 Å². The summed E-state index contributed by atoms with van der Waals surface area (Å²) in [7, 11) is 0. The van der Waals surface area contributed by atoms with Crippen LogP contribution in [0.15, 0.2) is 95.8 Å². The lowest BCUT2D eigenvalue weighted by molar-refractivity contribution is 0.101. The van der Waals surface area contributed by atoms with Gasteiger partial charge < -0.3 is 5.32 Å². The topological polar surface area (TPSA) is 81.1 Å². The van der Waals surface area contributed by atoms with Crippen molar-refractivity contribution in [1.82, 2.24) is 9.78 Å². The quantitative estimate of drug-likeness (QED) is 0.505. The Bertz CT molecular complexity index is 1310. The molecule has 0 fully saturated rings. The van der Waals surface area contributed by atoms with E-state index in [-0.39, 0.29) is 11.5 Å². The van der Waals surface area contributed by atoms with E-state index in [2.05, 4.69) is 10.4 Å². The Balaban J connectivity index is 1.62. The molecule has 1 heterocycles. The largest absolute Gasteiger partial charge is 0.320 e. The molecule has 6 heteroatoms. The zero-order valence-corrected chi connectivity index (χ0v) is 16.8. The monoisotopic (exact) mass is 409 g/mol. The molecule has 1 aromatic heterocycles. The van der Waals surface area contributed by atoms with Gasteiger partial charge in [0.2, 0.25) is 5.43 Å². The minimum absolute atomic E-state index is 0.156. The van der Waals surface area contributed by atoms with Crippen LogP contribution < -0.4 is 10.7 Å². The van der Waals surface area contributed by atoms with Gasteiger partial charge in [0.1, 0.15) is 0 Å². The second-order valence-corrected chi connectivity index (χ2v) is 6.98. The lowest BCUT2D eigenvalue weighted by Gasteiger charge is -2.11. The number of hydrogen-bond acceptors (Lipinski definition) is 4. The van der Waals surface area contributed by atoms with Crippen LogP contribution in [0.5, 0.6) is 0 Å². The van der Waals surface area contributed by atoms with Gasteiger partial charge >= 0.3 is 0 Å². The minimum atomic E-state index is -0.640. The maximum Gasteiger partial charge on any atom is 0.280 e. The average molecular weight is 409 g/mol. The molecular formula is C25H19N3O3. The first-order valence-corrected chi connectivity index (χ1v) is 9.70. The number of carbonyl (C=O) groups excluding carboxylic acids is 2. The van der Waals surface area contributed by atoms with Gasteiger partial charge in [-0.05, 0) is 31.2 Å². The van der Waals surface area contributed by atoms with Crippen molar-refractivity contribution in [2.75, 3.05) is 5.32 Å². The summed E-state index contributed by atoms with van der Waals surface area (Å²) in [4.78, 5) is 37.9. The zero-order valence-electron chi connectivity index (χ0n) is 16.8. The molecule has 31 heavy (non-hydrogen) atoms. The molecule has 1 N–H and O–H groups in total.